The molecular weight excluding hydrogens is 410 g/mol. The molecule has 0 fully saturated rings. The Morgan fingerprint density at radius 1 is 0.853 bits per heavy atom. The number of benzene rings is 3. The van der Waals surface area contributed by atoms with Crippen LogP contribution in [0.3, 0.4) is 0 Å². The maximum atomic E-state index is 3.98. The van der Waals surface area contributed by atoms with E-state index in [0.29, 0.717) is 0 Å². The Morgan fingerprint density at radius 3 is 1.88 bits per heavy atom. The highest BCUT2D eigenvalue weighted by atomic mass is 14.8. The van der Waals surface area contributed by atoms with E-state index in [1.54, 1.807) is 6.20 Å². The van der Waals surface area contributed by atoms with Gasteiger partial charge in [-0.15, -0.1) is 0 Å². The summed E-state index contributed by atoms with van der Waals surface area (Å²) in [7, 11) is 0. The van der Waals surface area contributed by atoms with E-state index < -0.39 is 0 Å². The highest BCUT2D eigenvalue weighted by molar-refractivity contribution is 5.92. The van der Waals surface area contributed by atoms with Gasteiger partial charge in [0.15, 0.2) is 0 Å². The molecule has 1 N–H and O–H groups in total. The molecule has 0 spiro atoms. The van der Waals surface area contributed by atoms with Crippen molar-refractivity contribution in [2.24, 2.45) is 0 Å². The van der Waals surface area contributed by atoms with Gasteiger partial charge >= 0.3 is 0 Å². The molecule has 184 valence electrons. The predicted molar refractivity (Wildman–Crippen MR) is 157 cm³/mol. The van der Waals surface area contributed by atoms with Crippen LogP contribution < -0.4 is 5.32 Å². The maximum absolute atomic E-state index is 3.98. The second-order valence-corrected chi connectivity index (χ2v) is 8.10. The van der Waals surface area contributed by atoms with E-state index in [1.165, 1.54) is 46.0 Å². The van der Waals surface area contributed by atoms with Crippen molar-refractivity contribution in [3.05, 3.63) is 115 Å². The van der Waals surface area contributed by atoms with Crippen LogP contribution in [0.2, 0.25) is 0 Å². The average molecular weight is 458 g/mol. The predicted octanol–water partition coefficient (Wildman–Crippen LogP) is 10.3. The van der Waals surface area contributed by atoms with Gasteiger partial charge in [-0.1, -0.05) is 132 Å². The van der Waals surface area contributed by atoms with Gasteiger partial charge in [0.05, 0.1) is 0 Å². The first-order valence-electron chi connectivity index (χ1n) is 12.6. The standard InChI is InChI=1S/C13H12.C9H12.C7H13N.C4H10/c1-10(2)12-9-5-7-11-6-3-4-8-13(11)12;1-3-9-7-5-4-6-8(9)2;1-4-7(5-2)8-6-3;1-3-4-2/h3-9H,1H2,2H3;4-7H,3H2,1-2H3;4,6,8H,3,5H2,1-2H3;3-4H2,1-2H3/b;;7-4-;. The Kier molecular flexibility index (Phi) is 17.7. The van der Waals surface area contributed by atoms with E-state index in [1.807, 2.05) is 19.9 Å². The number of hydrogen-bond donors (Lipinski definition) is 1. The molecule has 0 saturated carbocycles. The molecule has 0 radical (unpaired) electrons. The molecule has 3 aromatic rings. The zero-order valence-electron chi connectivity index (χ0n) is 22.7. The van der Waals surface area contributed by atoms with Gasteiger partial charge in [-0.3, -0.25) is 0 Å². The normalized spacial score (nSPS) is 9.91. The van der Waals surface area contributed by atoms with Crippen LogP contribution in [0.15, 0.2) is 97.9 Å². The molecule has 0 atom stereocenters. The minimum Gasteiger partial charge on any atom is -0.366 e. The summed E-state index contributed by atoms with van der Waals surface area (Å²) in [5, 5.41) is 5.58. The van der Waals surface area contributed by atoms with Crippen LogP contribution in [-0.2, 0) is 6.42 Å². The van der Waals surface area contributed by atoms with E-state index in [0.717, 1.165) is 18.4 Å². The number of unbranched alkanes of at least 4 members (excludes halogenated alkanes) is 1. The van der Waals surface area contributed by atoms with Crippen molar-refractivity contribution in [1.29, 1.82) is 0 Å². The molecule has 0 aliphatic heterocycles. The van der Waals surface area contributed by atoms with E-state index >= 15 is 0 Å². The molecule has 1 nitrogen and oxygen atoms in total. The van der Waals surface area contributed by atoms with Gasteiger partial charge in [0.1, 0.15) is 0 Å². The quantitative estimate of drug-likeness (QED) is 0.388. The fraction of sp³-hybridized carbons (Fsp3) is 0.333. The van der Waals surface area contributed by atoms with E-state index in [2.05, 4.69) is 120 Å². The number of fused-ring (bicyclic) bond motifs is 1. The van der Waals surface area contributed by atoms with Gasteiger partial charge < -0.3 is 5.32 Å². The van der Waals surface area contributed by atoms with E-state index in [9.17, 15) is 0 Å². The molecule has 0 aliphatic carbocycles. The lowest BCUT2D eigenvalue weighted by Crippen LogP contribution is -2.01. The first-order valence-corrected chi connectivity index (χ1v) is 12.6. The van der Waals surface area contributed by atoms with Crippen LogP contribution in [0.5, 0.6) is 0 Å². The number of rotatable bonds is 6. The lowest BCUT2D eigenvalue weighted by molar-refractivity contribution is 0.886. The molecule has 3 rings (SSSR count). The monoisotopic (exact) mass is 457 g/mol. The van der Waals surface area contributed by atoms with Gasteiger partial charge in [0.25, 0.3) is 0 Å². The van der Waals surface area contributed by atoms with Crippen molar-refractivity contribution in [2.75, 3.05) is 0 Å². The van der Waals surface area contributed by atoms with Crippen molar-refractivity contribution in [2.45, 2.75) is 74.1 Å². The maximum Gasteiger partial charge on any atom is 0.00999 e. The third kappa shape index (κ3) is 12.3. The summed E-state index contributed by atoms with van der Waals surface area (Å²) in [5.74, 6) is 0. The number of hydrogen-bond acceptors (Lipinski definition) is 1. The molecule has 0 bridgehead atoms. The minimum absolute atomic E-state index is 1.04. The van der Waals surface area contributed by atoms with Crippen LogP contribution >= 0.6 is 0 Å². The Morgan fingerprint density at radius 2 is 1.44 bits per heavy atom. The van der Waals surface area contributed by atoms with Gasteiger partial charge in [-0.2, -0.15) is 0 Å². The molecule has 0 aliphatic rings. The largest absolute Gasteiger partial charge is 0.366 e. The third-order valence-electron chi connectivity index (χ3n) is 5.41. The summed E-state index contributed by atoms with van der Waals surface area (Å²) in [4.78, 5) is 0. The number of allylic oxidation sites excluding steroid dienone is 3. The fourth-order valence-electron chi connectivity index (χ4n) is 3.12. The zero-order chi connectivity index (χ0) is 25.8. The summed E-state index contributed by atoms with van der Waals surface area (Å²) in [5.41, 5.74) is 6.45. The van der Waals surface area contributed by atoms with Crippen LogP contribution in [0.4, 0.5) is 0 Å². The number of aryl methyl sites for hydroxylation is 2. The molecule has 1 heteroatoms. The van der Waals surface area contributed by atoms with Crippen molar-refractivity contribution in [3.63, 3.8) is 0 Å². The van der Waals surface area contributed by atoms with Crippen LogP contribution in [0, 0.1) is 6.92 Å². The van der Waals surface area contributed by atoms with Crippen molar-refractivity contribution < 1.29 is 0 Å². The lowest BCUT2D eigenvalue weighted by Gasteiger charge is -2.04. The van der Waals surface area contributed by atoms with Crippen LogP contribution in [0.1, 0.15) is 77.5 Å². The van der Waals surface area contributed by atoms with Crippen molar-refractivity contribution in [1.82, 2.24) is 5.32 Å². The Balaban J connectivity index is 0.000000461. The summed E-state index contributed by atoms with van der Waals surface area (Å²) in [6, 6.07) is 23.2. The molecule has 0 unspecified atom stereocenters. The van der Waals surface area contributed by atoms with Crippen LogP contribution in [0.25, 0.3) is 16.3 Å². The molecular formula is C33H47N. The summed E-state index contributed by atoms with van der Waals surface area (Å²) in [6.45, 7) is 22.4. The topological polar surface area (TPSA) is 12.0 Å². The fourth-order valence-corrected chi connectivity index (χ4v) is 3.12. The smallest absolute Gasteiger partial charge is 0.00999 e. The highest BCUT2D eigenvalue weighted by Crippen LogP contribution is 2.23. The zero-order valence-corrected chi connectivity index (χ0v) is 22.7. The second kappa shape index (κ2) is 19.4. The molecule has 34 heavy (non-hydrogen) atoms. The second-order valence-electron chi connectivity index (χ2n) is 8.10. The average Bonchev–Trinajstić information content (AvgIpc) is 2.88. The van der Waals surface area contributed by atoms with Crippen LogP contribution in [-0.4, -0.2) is 0 Å². The Bertz CT molecular complexity index is 987. The molecule has 0 aromatic heterocycles. The van der Waals surface area contributed by atoms with Gasteiger partial charge in [0, 0.05) is 5.70 Å². The first-order chi connectivity index (χ1) is 16.4. The molecule has 0 amide bonds. The summed E-state index contributed by atoms with van der Waals surface area (Å²) < 4.78 is 0. The number of nitrogens with one attached hydrogen (secondary N) is 1. The Hall–Kier alpha value is -3.06. The summed E-state index contributed by atoms with van der Waals surface area (Å²) >= 11 is 0. The molecule has 0 saturated heterocycles. The van der Waals surface area contributed by atoms with Gasteiger partial charge in [-0.25, -0.2) is 0 Å². The summed E-state index contributed by atoms with van der Waals surface area (Å²) in [6.07, 6.45) is 8.57. The minimum atomic E-state index is 1.04. The molecule has 0 heterocycles. The first kappa shape index (κ1) is 30.9. The Labute approximate surface area is 210 Å². The lowest BCUT2D eigenvalue weighted by atomic mass is 10.0. The van der Waals surface area contributed by atoms with Gasteiger partial charge in [-0.05, 0) is 67.3 Å². The van der Waals surface area contributed by atoms with E-state index in [4.69, 9.17) is 0 Å². The highest BCUT2D eigenvalue weighted by Gasteiger charge is 1.98. The third-order valence-corrected chi connectivity index (χ3v) is 5.41. The SMILES string of the molecule is C=C(C)c1cccc2ccccc12.C=CN/C(=C\C)CC.CCCC.CCc1ccccc1C. The van der Waals surface area contributed by atoms with E-state index in [-0.39, 0.29) is 0 Å². The van der Waals surface area contributed by atoms with Gasteiger partial charge in [0.2, 0.25) is 0 Å². The van der Waals surface area contributed by atoms with Crippen molar-refractivity contribution in [3.8, 4) is 0 Å². The van der Waals surface area contributed by atoms with Crippen molar-refractivity contribution >= 4 is 16.3 Å². The molecule has 3 aromatic carbocycles.